The summed E-state index contributed by atoms with van der Waals surface area (Å²) in [7, 11) is 2.27. The highest BCUT2D eigenvalue weighted by atomic mass is 127. The molecule has 0 radical (unpaired) electrons. The Bertz CT molecular complexity index is 629. The van der Waals surface area contributed by atoms with Crippen molar-refractivity contribution >= 4 is 29.9 Å². The van der Waals surface area contributed by atoms with E-state index in [1.807, 2.05) is 0 Å². The number of rotatable bonds is 8. The lowest BCUT2D eigenvalue weighted by molar-refractivity contribution is 0.184. The zero-order valence-corrected chi connectivity index (χ0v) is 20.6. The molecule has 164 valence electrons. The van der Waals surface area contributed by atoms with Gasteiger partial charge >= 0.3 is 0 Å². The molecule has 1 unspecified atom stereocenters. The average molecular weight is 514 g/mol. The van der Waals surface area contributed by atoms with Crippen LogP contribution in [0.2, 0.25) is 0 Å². The molecule has 0 bridgehead atoms. The minimum Gasteiger partial charge on any atom is -0.370 e. The van der Waals surface area contributed by atoms with Gasteiger partial charge in [0, 0.05) is 25.2 Å². The van der Waals surface area contributed by atoms with Crippen molar-refractivity contribution in [1.82, 2.24) is 15.1 Å². The van der Waals surface area contributed by atoms with Crippen LogP contribution < -0.4 is 11.1 Å². The fraction of sp³-hybridized carbons (Fsp3) is 0.696. The summed E-state index contributed by atoms with van der Waals surface area (Å²) in [4.78, 5) is 9.69. The van der Waals surface area contributed by atoms with Gasteiger partial charge in [0.2, 0.25) is 0 Å². The summed E-state index contributed by atoms with van der Waals surface area (Å²) in [6, 6.07) is 10.00. The second kappa shape index (κ2) is 12.7. The SMILES string of the molecule is CCN1CCCC1CNC(N)=NCc1ccccc1CN(C)C1CCCCC1.I. The maximum atomic E-state index is 6.16. The maximum absolute atomic E-state index is 6.16. The predicted octanol–water partition coefficient (Wildman–Crippen LogP) is 3.96. The van der Waals surface area contributed by atoms with E-state index >= 15 is 0 Å². The van der Waals surface area contributed by atoms with Crippen LogP contribution in [0.1, 0.15) is 63.0 Å². The summed E-state index contributed by atoms with van der Waals surface area (Å²) in [5, 5.41) is 3.35. The van der Waals surface area contributed by atoms with E-state index in [-0.39, 0.29) is 24.0 Å². The summed E-state index contributed by atoms with van der Waals surface area (Å²) in [5.41, 5.74) is 8.82. The lowest BCUT2D eigenvalue weighted by atomic mass is 9.94. The number of halogens is 1. The van der Waals surface area contributed by atoms with Crippen molar-refractivity contribution in [3.63, 3.8) is 0 Å². The third-order valence-electron chi connectivity index (χ3n) is 6.58. The molecular weight excluding hydrogens is 473 g/mol. The van der Waals surface area contributed by atoms with Crippen LogP contribution in [-0.4, -0.2) is 54.5 Å². The molecule has 3 N–H and O–H groups in total. The van der Waals surface area contributed by atoms with Gasteiger partial charge in [-0.3, -0.25) is 9.80 Å². The van der Waals surface area contributed by atoms with E-state index in [0.29, 0.717) is 18.5 Å². The van der Waals surface area contributed by atoms with E-state index in [0.717, 1.165) is 25.7 Å². The van der Waals surface area contributed by atoms with E-state index in [4.69, 9.17) is 5.73 Å². The van der Waals surface area contributed by atoms with Gasteiger partial charge in [0.05, 0.1) is 6.54 Å². The van der Waals surface area contributed by atoms with Crippen molar-refractivity contribution in [2.24, 2.45) is 10.7 Å². The Morgan fingerprint density at radius 3 is 2.59 bits per heavy atom. The highest BCUT2D eigenvalue weighted by Crippen LogP contribution is 2.23. The average Bonchev–Trinajstić information content (AvgIpc) is 3.20. The molecule has 1 aliphatic carbocycles. The van der Waals surface area contributed by atoms with Crippen molar-refractivity contribution in [1.29, 1.82) is 0 Å². The van der Waals surface area contributed by atoms with Gasteiger partial charge in [-0.1, -0.05) is 50.5 Å². The first-order valence-corrected chi connectivity index (χ1v) is 11.2. The smallest absolute Gasteiger partial charge is 0.188 e. The van der Waals surface area contributed by atoms with Gasteiger partial charge in [-0.05, 0) is 56.9 Å². The Hall–Kier alpha value is -0.860. The first-order chi connectivity index (χ1) is 13.7. The van der Waals surface area contributed by atoms with Crippen LogP contribution in [0.15, 0.2) is 29.3 Å². The molecule has 0 amide bonds. The summed E-state index contributed by atoms with van der Waals surface area (Å²) in [6.07, 6.45) is 9.37. The largest absolute Gasteiger partial charge is 0.370 e. The number of hydrogen-bond donors (Lipinski definition) is 2. The molecule has 1 aromatic carbocycles. The highest BCUT2D eigenvalue weighted by Gasteiger charge is 2.22. The van der Waals surface area contributed by atoms with Gasteiger partial charge in [0.25, 0.3) is 0 Å². The van der Waals surface area contributed by atoms with Gasteiger partial charge in [-0.25, -0.2) is 4.99 Å². The number of likely N-dealkylation sites (N-methyl/N-ethyl adjacent to an activating group) is 1. The maximum Gasteiger partial charge on any atom is 0.188 e. The van der Waals surface area contributed by atoms with E-state index in [1.54, 1.807) is 0 Å². The van der Waals surface area contributed by atoms with Crippen LogP contribution >= 0.6 is 24.0 Å². The molecule has 0 aromatic heterocycles. The lowest BCUT2D eigenvalue weighted by Crippen LogP contribution is -2.42. The number of benzene rings is 1. The van der Waals surface area contributed by atoms with Crippen LogP contribution in [0.3, 0.4) is 0 Å². The Kier molecular flexibility index (Phi) is 10.7. The third-order valence-corrected chi connectivity index (χ3v) is 6.58. The summed E-state index contributed by atoms with van der Waals surface area (Å²) >= 11 is 0. The number of guanidine groups is 1. The van der Waals surface area contributed by atoms with Crippen LogP contribution in [0.25, 0.3) is 0 Å². The van der Waals surface area contributed by atoms with Crippen LogP contribution in [0.5, 0.6) is 0 Å². The van der Waals surface area contributed by atoms with E-state index in [9.17, 15) is 0 Å². The molecule has 6 heteroatoms. The van der Waals surface area contributed by atoms with Gasteiger partial charge in [0.15, 0.2) is 5.96 Å². The number of hydrogen-bond acceptors (Lipinski definition) is 3. The molecule has 0 spiro atoms. The molecule has 3 rings (SSSR count). The highest BCUT2D eigenvalue weighted by molar-refractivity contribution is 14.0. The molecule has 1 aromatic rings. The molecular formula is C23H40IN5. The van der Waals surface area contributed by atoms with E-state index in [1.165, 1.54) is 62.6 Å². The second-order valence-electron chi connectivity index (χ2n) is 8.48. The van der Waals surface area contributed by atoms with E-state index < -0.39 is 0 Å². The molecule has 1 aliphatic heterocycles. The first kappa shape index (κ1) is 24.4. The standard InChI is InChI=1S/C23H39N5.HI/c1-3-28-15-9-14-22(28)17-26-23(24)25-16-19-10-7-8-11-20(19)18-27(2)21-12-5-4-6-13-21;/h7-8,10-11,21-22H,3-6,9,12-18H2,1-2H3,(H3,24,25,26);1H. The fourth-order valence-electron chi connectivity index (χ4n) is 4.78. The number of aliphatic imine (C=N–C) groups is 1. The number of nitrogens with one attached hydrogen (secondary N) is 1. The Balaban J connectivity index is 0.00000300. The summed E-state index contributed by atoms with van der Waals surface area (Å²) in [5.74, 6) is 0.568. The van der Waals surface area contributed by atoms with Crippen molar-refractivity contribution in [2.45, 2.75) is 77.0 Å². The minimum atomic E-state index is 0. The van der Waals surface area contributed by atoms with Crippen molar-refractivity contribution in [3.8, 4) is 0 Å². The predicted molar refractivity (Wildman–Crippen MR) is 134 cm³/mol. The normalized spacial score (nSPS) is 21.3. The molecule has 2 aliphatic rings. The summed E-state index contributed by atoms with van der Waals surface area (Å²) < 4.78 is 0. The topological polar surface area (TPSA) is 56.9 Å². The Morgan fingerprint density at radius 2 is 1.86 bits per heavy atom. The molecule has 1 saturated carbocycles. The number of nitrogens with two attached hydrogens (primary N) is 1. The van der Waals surface area contributed by atoms with Gasteiger partial charge in [0.1, 0.15) is 0 Å². The number of nitrogens with zero attached hydrogens (tertiary/aromatic N) is 3. The zero-order valence-electron chi connectivity index (χ0n) is 18.3. The van der Waals surface area contributed by atoms with Crippen LogP contribution in [0, 0.1) is 0 Å². The van der Waals surface area contributed by atoms with Crippen molar-refractivity contribution < 1.29 is 0 Å². The third kappa shape index (κ3) is 7.40. The summed E-state index contributed by atoms with van der Waals surface area (Å²) in [6.45, 7) is 7.10. The quantitative estimate of drug-likeness (QED) is 0.314. The molecule has 5 nitrogen and oxygen atoms in total. The van der Waals surface area contributed by atoms with Crippen LogP contribution in [-0.2, 0) is 13.1 Å². The molecule has 29 heavy (non-hydrogen) atoms. The zero-order chi connectivity index (χ0) is 19.8. The Morgan fingerprint density at radius 1 is 1.14 bits per heavy atom. The number of likely N-dealkylation sites (tertiary alicyclic amines) is 1. The van der Waals surface area contributed by atoms with Crippen LogP contribution in [0.4, 0.5) is 0 Å². The van der Waals surface area contributed by atoms with E-state index in [2.05, 4.69) is 58.3 Å². The molecule has 2 fully saturated rings. The molecule has 1 saturated heterocycles. The molecule has 1 atom stereocenters. The van der Waals surface area contributed by atoms with Crippen molar-refractivity contribution in [3.05, 3.63) is 35.4 Å². The Labute approximate surface area is 194 Å². The monoisotopic (exact) mass is 513 g/mol. The fourth-order valence-corrected chi connectivity index (χ4v) is 4.78. The second-order valence-corrected chi connectivity index (χ2v) is 8.48. The van der Waals surface area contributed by atoms with Gasteiger partial charge in [-0.15, -0.1) is 24.0 Å². The first-order valence-electron chi connectivity index (χ1n) is 11.2. The van der Waals surface area contributed by atoms with Gasteiger partial charge in [-0.2, -0.15) is 0 Å². The lowest BCUT2D eigenvalue weighted by Gasteiger charge is -2.31. The van der Waals surface area contributed by atoms with Crippen molar-refractivity contribution in [2.75, 3.05) is 26.7 Å². The molecule has 1 heterocycles. The van der Waals surface area contributed by atoms with Gasteiger partial charge < -0.3 is 11.1 Å². The minimum absolute atomic E-state index is 0.